The Morgan fingerprint density at radius 2 is 2.06 bits per heavy atom. The van der Waals surface area contributed by atoms with Gasteiger partial charge < -0.3 is 5.32 Å². The summed E-state index contributed by atoms with van der Waals surface area (Å²) in [6.07, 6.45) is 5.12. The van der Waals surface area contributed by atoms with E-state index in [0.717, 1.165) is 38.8 Å². The van der Waals surface area contributed by atoms with Crippen LogP contribution in [-0.4, -0.2) is 43.9 Å². The number of hydrogen-bond acceptors (Lipinski definition) is 3. The van der Waals surface area contributed by atoms with Gasteiger partial charge in [0.1, 0.15) is 0 Å². The number of nitrogens with zero attached hydrogens (tertiary/aromatic N) is 1. The van der Waals surface area contributed by atoms with Crippen LogP contribution < -0.4 is 10.0 Å². The third kappa shape index (κ3) is 2.43. The average molecular weight is 273 g/mol. The van der Waals surface area contributed by atoms with E-state index in [2.05, 4.69) is 17.0 Å². The summed E-state index contributed by atoms with van der Waals surface area (Å²) in [6.45, 7) is 3.75. The molecule has 0 aromatic carbocycles. The average Bonchev–Trinajstić information content (AvgIpc) is 2.90. The summed E-state index contributed by atoms with van der Waals surface area (Å²) < 4.78 is 29.4. The second-order valence-electron chi connectivity index (χ2n) is 6.10. The van der Waals surface area contributed by atoms with Crippen molar-refractivity contribution in [3.8, 4) is 0 Å². The van der Waals surface area contributed by atoms with E-state index in [9.17, 15) is 8.42 Å². The second kappa shape index (κ2) is 4.74. The van der Waals surface area contributed by atoms with E-state index in [1.54, 1.807) is 4.31 Å². The van der Waals surface area contributed by atoms with E-state index in [-0.39, 0.29) is 12.1 Å². The lowest BCUT2D eigenvalue weighted by atomic mass is 10.0. The number of piperidine rings is 2. The number of hydrogen-bond donors (Lipinski definition) is 2. The maximum atomic E-state index is 12.4. The van der Waals surface area contributed by atoms with Gasteiger partial charge in [0.25, 0.3) is 10.2 Å². The Morgan fingerprint density at radius 1 is 1.22 bits per heavy atom. The molecule has 2 N–H and O–H groups in total. The molecule has 4 atom stereocenters. The van der Waals surface area contributed by atoms with Crippen LogP contribution in [0.25, 0.3) is 0 Å². The molecule has 4 unspecified atom stereocenters. The highest BCUT2D eigenvalue weighted by molar-refractivity contribution is 7.87. The van der Waals surface area contributed by atoms with E-state index < -0.39 is 10.2 Å². The number of rotatable bonds is 3. The summed E-state index contributed by atoms with van der Waals surface area (Å²) in [5.74, 6) is 0.610. The molecule has 104 valence electrons. The summed E-state index contributed by atoms with van der Waals surface area (Å²) in [5, 5.41) is 3.35. The van der Waals surface area contributed by atoms with E-state index in [0.29, 0.717) is 12.0 Å². The Morgan fingerprint density at radius 3 is 2.67 bits per heavy atom. The Balaban J connectivity index is 1.64. The van der Waals surface area contributed by atoms with Crippen LogP contribution >= 0.6 is 0 Å². The van der Waals surface area contributed by atoms with E-state index >= 15 is 0 Å². The molecule has 0 radical (unpaired) electrons. The highest BCUT2D eigenvalue weighted by atomic mass is 32.2. The normalized spacial score (nSPS) is 41.4. The first-order chi connectivity index (χ1) is 8.54. The molecule has 3 fully saturated rings. The van der Waals surface area contributed by atoms with Crippen LogP contribution in [0.4, 0.5) is 0 Å². The highest BCUT2D eigenvalue weighted by Gasteiger charge is 2.44. The van der Waals surface area contributed by atoms with Crippen molar-refractivity contribution in [1.82, 2.24) is 14.3 Å². The molecular weight excluding hydrogens is 250 g/mol. The molecule has 3 rings (SSSR count). The predicted molar refractivity (Wildman–Crippen MR) is 70.4 cm³/mol. The molecule has 18 heavy (non-hydrogen) atoms. The fourth-order valence-corrected chi connectivity index (χ4v) is 5.45. The minimum atomic E-state index is -3.26. The molecule has 2 bridgehead atoms. The van der Waals surface area contributed by atoms with Crippen LogP contribution in [0.5, 0.6) is 0 Å². The molecule has 2 saturated heterocycles. The van der Waals surface area contributed by atoms with Crippen LogP contribution in [-0.2, 0) is 10.2 Å². The zero-order valence-electron chi connectivity index (χ0n) is 10.9. The monoisotopic (exact) mass is 273 g/mol. The van der Waals surface area contributed by atoms with Gasteiger partial charge in [-0.15, -0.1) is 0 Å². The minimum absolute atomic E-state index is 0.102. The van der Waals surface area contributed by atoms with Crippen molar-refractivity contribution in [3.63, 3.8) is 0 Å². The Hall–Kier alpha value is -0.170. The fourth-order valence-electron chi connectivity index (χ4n) is 3.69. The van der Waals surface area contributed by atoms with E-state index in [4.69, 9.17) is 0 Å². The van der Waals surface area contributed by atoms with Gasteiger partial charge in [-0.05, 0) is 51.5 Å². The zero-order chi connectivity index (χ0) is 12.8. The largest absolute Gasteiger partial charge is 0.314 e. The van der Waals surface area contributed by atoms with Crippen molar-refractivity contribution in [2.75, 3.05) is 13.1 Å². The van der Waals surface area contributed by atoms with Gasteiger partial charge in [-0.2, -0.15) is 17.4 Å². The second-order valence-corrected chi connectivity index (χ2v) is 7.76. The highest BCUT2D eigenvalue weighted by Crippen LogP contribution is 2.38. The number of nitrogens with one attached hydrogen (secondary N) is 2. The van der Waals surface area contributed by atoms with Gasteiger partial charge in [-0.1, -0.05) is 0 Å². The Kier molecular flexibility index (Phi) is 3.38. The van der Waals surface area contributed by atoms with Gasteiger partial charge in [-0.25, -0.2) is 0 Å². The SMILES string of the molecule is CC1CC(NS(=O)(=O)N2CC3CCC2C3)CCN1. The van der Waals surface area contributed by atoms with Crippen LogP contribution in [0.2, 0.25) is 0 Å². The van der Waals surface area contributed by atoms with Gasteiger partial charge in [0, 0.05) is 24.7 Å². The van der Waals surface area contributed by atoms with Crippen LogP contribution in [0.3, 0.4) is 0 Å². The molecular formula is C12H23N3O2S. The predicted octanol–water partition coefficient (Wildman–Crippen LogP) is 0.446. The molecule has 0 aromatic heterocycles. The summed E-state index contributed by atoms with van der Waals surface area (Å²) >= 11 is 0. The van der Waals surface area contributed by atoms with E-state index in [1.165, 1.54) is 6.42 Å². The Labute approximate surface area is 109 Å². The molecule has 1 saturated carbocycles. The lowest BCUT2D eigenvalue weighted by Gasteiger charge is -2.32. The first-order valence-corrected chi connectivity index (χ1v) is 8.51. The van der Waals surface area contributed by atoms with Crippen molar-refractivity contribution in [2.24, 2.45) is 5.92 Å². The smallest absolute Gasteiger partial charge is 0.279 e. The van der Waals surface area contributed by atoms with Crippen molar-refractivity contribution < 1.29 is 8.42 Å². The zero-order valence-corrected chi connectivity index (χ0v) is 11.7. The lowest BCUT2D eigenvalue weighted by molar-refractivity contribution is 0.312. The molecule has 0 amide bonds. The third-order valence-electron chi connectivity index (χ3n) is 4.61. The topological polar surface area (TPSA) is 61.4 Å². The van der Waals surface area contributed by atoms with Gasteiger partial charge >= 0.3 is 0 Å². The van der Waals surface area contributed by atoms with Crippen molar-refractivity contribution in [1.29, 1.82) is 0 Å². The first kappa shape index (κ1) is 12.8. The van der Waals surface area contributed by atoms with Gasteiger partial charge in [0.05, 0.1) is 0 Å². The summed E-state index contributed by atoms with van der Waals surface area (Å²) in [4.78, 5) is 0. The van der Waals surface area contributed by atoms with E-state index in [1.807, 2.05) is 0 Å². The lowest BCUT2D eigenvalue weighted by Crippen LogP contribution is -2.52. The van der Waals surface area contributed by atoms with Crippen molar-refractivity contribution in [3.05, 3.63) is 0 Å². The molecule has 2 heterocycles. The summed E-state index contributed by atoms with van der Waals surface area (Å²) in [7, 11) is -3.26. The summed E-state index contributed by atoms with van der Waals surface area (Å²) in [5.41, 5.74) is 0. The maximum absolute atomic E-state index is 12.4. The first-order valence-electron chi connectivity index (χ1n) is 7.07. The molecule has 2 aliphatic heterocycles. The standard InChI is InChI=1S/C12H23N3O2S/c1-9-6-11(4-5-13-9)14-18(16,17)15-8-10-2-3-12(15)7-10/h9-14H,2-8H2,1H3. The van der Waals surface area contributed by atoms with Gasteiger partial charge in [0.15, 0.2) is 0 Å². The molecule has 1 aliphatic carbocycles. The summed E-state index contributed by atoms with van der Waals surface area (Å²) in [6, 6.07) is 0.776. The molecule has 0 spiro atoms. The maximum Gasteiger partial charge on any atom is 0.279 e. The Bertz CT molecular complexity index is 412. The van der Waals surface area contributed by atoms with Crippen molar-refractivity contribution >= 4 is 10.2 Å². The van der Waals surface area contributed by atoms with Gasteiger partial charge in [0.2, 0.25) is 0 Å². The molecule has 3 aliphatic rings. The van der Waals surface area contributed by atoms with Crippen LogP contribution in [0.1, 0.15) is 39.0 Å². The van der Waals surface area contributed by atoms with Crippen molar-refractivity contribution in [2.45, 2.75) is 57.2 Å². The molecule has 6 heteroatoms. The molecule has 5 nitrogen and oxygen atoms in total. The molecule has 0 aromatic rings. The fraction of sp³-hybridized carbons (Fsp3) is 1.00. The minimum Gasteiger partial charge on any atom is -0.314 e. The number of fused-ring (bicyclic) bond motifs is 2. The quantitative estimate of drug-likeness (QED) is 0.784. The van der Waals surface area contributed by atoms with Crippen LogP contribution in [0, 0.1) is 5.92 Å². The van der Waals surface area contributed by atoms with Crippen LogP contribution in [0.15, 0.2) is 0 Å². The van der Waals surface area contributed by atoms with Gasteiger partial charge in [-0.3, -0.25) is 0 Å². The third-order valence-corrected chi connectivity index (χ3v) is 6.30.